The molecule has 0 aliphatic carbocycles. The third-order valence-corrected chi connectivity index (χ3v) is 7.18. The number of thiocarbonyl (C=S) groups is 1. The third kappa shape index (κ3) is 5.13. The molecule has 5 rings (SSSR count). The van der Waals surface area contributed by atoms with Crippen molar-refractivity contribution in [3.63, 3.8) is 0 Å². The fourth-order valence-corrected chi connectivity index (χ4v) is 5.34. The van der Waals surface area contributed by atoms with E-state index in [-0.39, 0.29) is 18.1 Å². The van der Waals surface area contributed by atoms with E-state index in [0.29, 0.717) is 5.56 Å². The predicted molar refractivity (Wildman–Crippen MR) is 141 cm³/mol. The fourth-order valence-electron chi connectivity index (χ4n) is 5.00. The lowest BCUT2D eigenvalue weighted by atomic mass is 10.0. The molecule has 2 atom stereocenters. The van der Waals surface area contributed by atoms with E-state index in [1.54, 1.807) is 12.1 Å². The van der Waals surface area contributed by atoms with Crippen LogP contribution in [0, 0.1) is 0 Å². The van der Waals surface area contributed by atoms with E-state index < -0.39 is 0 Å². The minimum absolute atomic E-state index is 0.0348. The Labute approximate surface area is 216 Å². The molecule has 0 bridgehead atoms. The minimum atomic E-state index is -0.346. The molecule has 4 heterocycles. The second kappa shape index (κ2) is 11.2. The Balaban J connectivity index is 1.43. The SMILES string of the molecule is COC(=O)c1ccc(-n2cccc2[C@H]2[C@H](c3ccccn3)NC(=S)N2CCCN2CCOCC2)cc1. The van der Waals surface area contributed by atoms with Gasteiger partial charge in [0.05, 0.1) is 43.7 Å². The smallest absolute Gasteiger partial charge is 0.337 e. The Hall–Kier alpha value is -3.27. The van der Waals surface area contributed by atoms with Crippen molar-refractivity contribution < 1.29 is 14.3 Å². The lowest BCUT2D eigenvalue weighted by molar-refractivity contribution is 0.0365. The zero-order chi connectivity index (χ0) is 24.9. The molecule has 0 spiro atoms. The van der Waals surface area contributed by atoms with Gasteiger partial charge in [-0.3, -0.25) is 9.88 Å². The average Bonchev–Trinajstić information content (AvgIpc) is 3.54. The number of morpholine rings is 1. The van der Waals surface area contributed by atoms with E-state index in [4.69, 9.17) is 21.7 Å². The van der Waals surface area contributed by atoms with Gasteiger partial charge in [0.25, 0.3) is 0 Å². The van der Waals surface area contributed by atoms with Crippen LogP contribution in [0.4, 0.5) is 0 Å². The van der Waals surface area contributed by atoms with Gasteiger partial charge in [0.1, 0.15) is 0 Å². The van der Waals surface area contributed by atoms with Gasteiger partial charge in [-0.15, -0.1) is 0 Å². The van der Waals surface area contributed by atoms with Gasteiger partial charge in [0.15, 0.2) is 5.11 Å². The number of esters is 1. The average molecular weight is 506 g/mol. The summed E-state index contributed by atoms with van der Waals surface area (Å²) in [5.41, 5.74) is 3.55. The highest BCUT2D eigenvalue weighted by atomic mass is 32.1. The zero-order valence-electron chi connectivity index (χ0n) is 20.4. The maximum Gasteiger partial charge on any atom is 0.337 e. The number of rotatable bonds is 8. The summed E-state index contributed by atoms with van der Waals surface area (Å²) < 4.78 is 12.5. The maximum atomic E-state index is 11.9. The van der Waals surface area contributed by atoms with Crippen LogP contribution in [0.3, 0.4) is 0 Å². The Morgan fingerprint density at radius 2 is 1.92 bits per heavy atom. The molecule has 2 saturated heterocycles. The molecule has 9 heteroatoms. The van der Waals surface area contributed by atoms with Crippen molar-refractivity contribution in [2.24, 2.45) is 0 Å². The van der Waals surface area contributed by atoms with Crippen molar-refractivity contribution in [1.29, 1.82) is 0 Å². The number of hydrogen-bond acceptors (Lipinski definition) is 6. The Morgan fingerprint density at radius 1 is 1.11 bits per heavy atom. The molecule has 2 aliphatic rings. The van der Waals surface area contributed by atoms with Crippen molar-refractivity contribution in [1.82, 2.24) is 24.7 Å². The normalized spacial score (nSPS) is 20.4. The molecule has 0 unspecified atom stereocenters. The number of carbonyl (C=O) groups is 1. The Bertz CT molecular complexity index is 1180. The van der Waals surface area contributed by atoms with Gasteiger partial charge in [0, 0.05) is 50.0 Å². The van der Waals surface area contributed by atoms with Gasteiger partial charge in [-0.2, -0.15) is 0 Å². The minimum Gasteiger partial charge on any atom is -0.465 e. The number of carbonyl (C=O) groups excluding carboxylic acids is 1. The van der Waals surface area contributed by atoms with Crippen LogP contribution >= 0.6 is 12.2 Å². The molecule has 188 valence electrons. The quantitative estimate of drug-likeness (QED) is 0.369. The van der Waals surface area contributed by atoms with Crippen molar-refractivity contribution in [3.8, 4) is 5.69 Å². The standard InChI is InChI=1S/C27H31N5O3S/c1-34-26(33)20-8-10-21(11-9-20)31-14-4-7-23(31)25-24(22-6-2-3-12-28-22)29-27(36)32(25)15-5-13-30-16-18-35-19-17-30/h2-4,6-12,14,24-25H,5,13,15-19H2,1H3,(H,29,36)/t24-,25-/m0/s1. The van der Waals surface area contributed by atoms with E-state index in [0.717, 1.165) is 68.0 Å². The number of pyridine rings is 1. The number of hydrogen-bond donors (Lipinski definition) is 1. The highest BCUT2D eigenvalue weighted by Crippen LogP contribution is 2.39. The number of aromatic nitrogens is 2. The Morgan fingerprint density at radius 3 is 2.64 bits per heavy atom. The van der Waals surface area contributed by atoms with Crippen LogP contribution in [-0.2, 0) is 9.47 Å². The van der Waals surface area contributed by atoms with Crippen LogP contribution < -0.4 is 5.32 Å². The number of benzene rings is 1. The summed E-state index contributed by atoms with van der Waals surface area (Å²) in [5.74, 6) is -0.346. The predicted octanol–water partition coefficient (Wildman–Crippen LogP) is 3.35. The van der Waals surface area contributed by atoms with Crippen LogP contribution in [0.1, 0.15) is 40.3 Å². The topological polar surface area (TPSA) is 71.9 Å². The van der Waals surface area contributed by atoms with E-state index in [2.05, 4.69) is 30.7 Å². The number of ether oxygens (including phenoxy) is 2. The summed E-state index contributed by atoms with van der Waals surface area (Å²) >= 11 is 5.85. The maximum absolute atomic E-state index is 11.9. The molecule has 1 N–H and O–H groups in total. The van der Waals surface area contributed by atoms with E-state index in [1.807, 2.05) is 48.8 Å². The summed E-state index contributed by atoms with van der Waals surface area (Å²) in [6.45, 7) is 5.41. The first kappa shape index (κ1) is 24.4. The van der Waals surface area contributed by atoms with Gasteiger partial charge >= 0.3 is 5.97 Å². The van der Waals surface area contributed by atoms with E-state index in [1.165, 1.54) is 7.11 Å². The van der Waals surface area contributed by atoms with Crippen molar-refractivity contribution >= 4 is 23.3 Å². The van der Waals surface area contributed by atoms with Gasteiger partial charge in [-0.1, -0.05) is 6.07 Å². The molecule has 2 aliphatic heterocycles. The molecule has 3 aromatic rings. The zero-order valence-corrected chi connectivity index (χ0v) is 21.2. The second-order valence-electron chi connectivity index (χ2n) is 8.97. The Kier molecular flexibility index (Phi) is 7.60. The van der Waals surface area contributed by atoms with E-state index >= 15 is 0 Å². The van der Waals surface area contributed by atoms with Crippen LogP contribution in [0.15, 0.2) is 67.0 Å². The van der Waals surface area contributed by atoms with Crippen LogP contribution in [0.5, 0.6) is 0 Å². The van der Waals surface area contributed by atoms with Gasteiger partial charge in [-0.25, -0.2) is 4.79 Å². The number of nitrogens with zero attached hydrogens (tertiary/aromatic N) is 4. The first-order chi connectivity index (χ1) is 17.7. The molecular weight excluding hydrogens is 474 g/mol. The first-order valence-electron chi connectivity index (χ1n) is 12.3. The summed E-state index contributed by atoms with van der Waals surface area (Å²) in [5, 5.41) is 4.29. The third-order valence-electron chi connectivity index (χ3n) is 6.82. The number of nitrogens with one attached hydrogen (secondary N) is 1. The van der Waals surface area contributed by atoms with Gasteiger partial charge in [0.2, 0.25) is 0 Å². The van der Waals surface area contributed by atoms with Gasteiger partial charge in [-0.05, 0) is 67.2 Å². The van der Waals surface area contributed by atoms with Crippen LogP contribution in [-0.4, -0.2) is 76.9 Å². The summed E-state index contributed by atoms with van der Waals surface area (Å²) in [7, 11) is 1.39. The monoisotopic (exact) mass is 505 g/mol. The van der Waals surface area contributed by atoms with Crippen molar-refractivity contribution in [3.05, 3.63) is 83.9 Å². The largest absolute Gasteiger partial charge is 0.465 e. The molecule has 36 heavy (non-hydrogen) atoms. The van der Waals surface area contributed by atoms with Crippen molar-refractivity contribution in [2.75, 3.05) is 46.5 Å². The second-order valence-corrected chi connectivity index (χ2v) is 9.36. The molecular formula is C27H31N5O3S. The molecule has 0 amide bonds. The lowest BCUT2D eigenvalue weighted by Gasteiger charge is -2.31. The van der Waals surface area contributed by atoms with Gasteiger partial charge < -0.3 is 24.3 Å². The summed E-state index contributed by atoms with van der Waals surface area (Å²) in [6, 6.07) is 17.5. The first-order valence-corrected chi connectivity index (χ1v) is 12.7. The molecule has 0 saturated carbocycles. The highest BCUT2D eigenvalue weighted by molar-refractivity contribution is 7.80. The molecule has 2 fully saturated rings. The molecule has 8 nitrogen and oxygen atoms in total. The highest BCUT2D eigenvalue weighted by Gasteiger charge is 2.41. The van der Waals surface area contributed by atoms with Crippen LogP contribution in [0.25, 0.3) is 5.69 Å². The van der Waals surface area contributed by atoms with Crippen molar-refractivity contribution in [2.45, 2.75) is 18.5 Å². The van der Waals surface area contributed by atoms with E-state index in [9.17, 15) is 4.79 Å². The number of methoxy groups -OCH3 is 1. The molecule has 0 radical (unpaired) electrons. The molecule has 1 aromatic carbocycles. The summed E-state index contributed by atoms with van der Waals surface area (Å²) in [6.07, 6.45) is 4.87. The van der Waals surface area contributed by atoms with Crippen LogP contribution in [0.2, 0.25) is 0 Å². The summed E-state index contributed by atoms with van der Waals surface area (Å²) in [4.78, 5) is 21.3. The lowest BCUT2D eigenvalue weighted by Crippen LogP contribution is -2.39. The molecule has 2 aromatic heterocycles. The fraction of sp³-hybridized carbons (Fsp3) is 0.370.